The molecule has 3 rings (SSSR count). The van der Waals surface area contributed by atoms with Crippen molar-refractivity contribution in [1.82, 2.24) is 5.43 Å². The van der Waals surface area contributed by atoms with Crippen LogP contribution in [0, 0.1) is 0 Å². The second kappa shape index (κ2) is 7.63. The third-order valence-corrected chi connectivity index (χ3v) is 4.04. The van der Waals surface area contributed by atoms with E-state index in [0.29, 0.717) is 16.2 Å². The van der Waals surface area contributed by atoms with E-state index in [1.165, 1.54) is 6.21 Å². The van der Waals surface area contributed by atoms with E-state index in [1.807, 2.05) is 36.4 Å². The largest absolute Gasteiger partial charge is 0.484 e. The maximum Gasteiger partial charge on any atom is 0.277 e. The number of hydrogen-bond acceptors (Lipinski definition) is 4. The third-order valence-electron chi connectivity index (χ3n) is 3.12. The highest BCUT2D eigenvalue weighted by atomic mass is 79.9. The Bertz CT molecular complexity index is 906. The van der Waals surface area contributed by atoms with Gasteiger partial charge in [-0.1, -0.05) is 28.1 Å². The van der Waals surface area contributed by atoms with E-state index in [4.69, 9.17) is 9.15 Å². The average molecular weight is 452 g/mol. The van der Waals surface area contributed by atoms with E-state index >= 15 is 0 Å². The van der Waals surface area contributed by atoms with Crippen molar-refractivity contribution in [3.05, 3.63) is 63.4 Å². The number of furan rings is 1. The summed E-state index contributed by atoms with van der Waals surface area (Å²) in [6, 6.07) is 15.1. The lowest BCUT2D eigenvalue weighted by molar-refractivity contribution is -0.123. The predicted octanol–water partition coefficient (Wildman–Crippen LogP) is 4.49. The van der Waals surface area contributed by atoms with Gasteiger partial charge in [-0.25, -0.2) is 5.43 Å². The zero-order valence-corrected chi connectivity index (χ0v) is 15.5. The number of halogens is 2. The van der Waals surface area contributed by atoms with Gasteiger partial charge in [-0.05, 0) is 63.1 Å². The number of ether oxygens (including phenoxy) is 1. The molecule has 1 aromatic heterocycles. The normalized spacial score (nSPS) is 11.1. The molecule has 0 aliphatic heterocycles. The molecule has 0 saturated heterocycles. The fourth-order valence-corrected chi connectivity index (χ4v) is 2.73. The van der Waals surface area contributed by atoms with Crippen LogP contribution in [0.3, 0.4) is 0 Å². The number of fused-ring (bicyclic) bond motifs is 1. The lowest BCUT2D eigenvalue weighted by atomic mass is 10.1. The van der Waals surface area contributed by atoms with Crippen LogP contribution < -0.4 is 10.2 Å². The monoisotopic (exact) mass is 450 g/mol. The smallest absolute Gasteiger partial charge is 0.277 e. The average Bonchev–Trinajstić information content (AvgIpc) is 2.98. The third kappa shape index (κ3) is 4.46. The van der Waals surface area contributed by atoms with Crippen molar-refractivity contribution in [1.29, 1.82) is 0 Å². The first-order chi connectivity index (χ1) is 11.6. The summed E-state index contributed by atoms with van der Waals surface area (Å²) >= 11 is 6.62. The number of amides is 1. The number of rotatable bonds is 5. The van der Waals surface area contributed by atoms with Crippen molar-refractivity contribution in [3.8, 4) is 5.75 Å². The number of hydrazone groups is 1. The fraction of sp³-hybridized carbons (Fsp3) is 0.0588. The zero-order chi connectivity index (χ0) is 16.9. The second-order valence-corrected chi connectivity index (χ2v) is 6.57. The molecule has 0 saturated carbocycles. The molecule has 2 aromatic carbocycles. The van der Waals surface area contributed by atoms with E-state index in [9.17, 15) is 4.79 Å². The van der Waals surface area contributed by atoms with Gasteiger partial charge >= 0.3 is 0 Å². The number of hydrogen-bond donors (Lipinski definition) is 1. The van der Waals surface area contributed by atoms with Crippen LogP contribution in [0.25, 0.3) is 10.8 Å². The minimum absolute atomic E-state index is 0.124. The molecular formula is C17H12Br2N2O3. The van der Waals surface area contributed by atoms with Crippen molar-refractivity contribution >= 4 is 54.8 Å². The molecular weight excluding hydrogens is 440 g/mol. The summed E-state index contributed by atoms with van der Waals surface area (Å²) in [6.07, 6.45) is 1.41. The van der Waals surface area contributed by atoms with E-state index in [0.717, 1.165) is 15.2 Å². The molecule has 1 N–H and O–H groups in total. The molecule has 3 aromatic rings. The van der Waals surface area contributed by atoms with Gasteiger partial charge in [0.25, 0.3) is 5.91 Å². The molecule has 7 heteroatoms. The van der Waals surface area contributed by atoms with E-state index in [-0.39, 0.29) is 12.5 Å². The number of nitrogens with one attached hydrogen (secondary N) is 1. The number of carbonyl (C=O) groups is 1. The highest BCUT2D eigenvalue weighted by molar-refractivity contribution is 9.10. The van der Waals surface area contributed by atoms with Crippen LogP contribution in [-0.4, -0.2) is 18.7 Å². The molecule has 0 radical (unpaired) electrons. The van der Waals surface area contributed by atoms with Gasteiger partial charge < -0.3 is 9.15 Å². The summed E-state index contributed by atoms with van der Waals surface area (Å²) in [4.78, 5) is 11.7. The van der Waals surface area contributed by atoms with Gasteiger partial charge in [-0.15, -0.1) is 0 Å². The summed E-state index contributed by atoms with van der Waals surface area (Å²) in [5, 5.41) is 5.93. The SMILES string of the molecule is O=C(COc1ccc2cc(Br)ccc2c1)NN=Cc1ccc(Br)o1. The molecule has 0 aliphatic rings. The Hall–Kier alpha value is -2.12. The molecule has 0 fully saturated rings. The lowest BCUT2D eigenvalue weighted by Gasteiger charge is -2.06. The molecule has 0 atom stereocenters. The molecule has 1 heterocycles. The van der Waals surface area contributed by atoms with E-state index < -0.39 is 0 Å². The Kier molecular flexibility index (Phi) is 5.32. The summed E-state index contributed by atoms with van der Waals surface area (Å²) < 4.78 is 12.3. The maximum absolute atomic E-state index is 11.7. The first kappa shape index (κ1) is 16.7. The summed E-state index contributed by atoms with van der Waals surface area (Å²) in [5.74, 6) is 0.801. The van der Waals surface area contributed by atoms with Crippen LogP contribution in [0.1, 0.15) is 5.76 Å². The van der Waals surface area contributed by atoms with Gasteiger partial charge in [-0.2, -0.15) is 5.10 Å². The fourth-order valence-electron chi connectivity index (χ4n) is 2.03. The lowest BCUT2D eigenvalue weighted by Crippen LogP contribution is -2.24. The molecule has 0 unspecified atom stereocenters. The van der Waals surface area contributed by atoms with Gasteiger partial charge in [0.05, 0.1) is 6.21 Å². The summed E-state index contributed by atoms with van der Waals surface area (Å²) in [5.41, 5.74) is 2.38. The van der Waals surface area contributed by atoms with Crippen LogP contribution in [0.2, 0.25) is 0 Å². The van der Waals surface area contributed by atoms with Crippen molar-refractivity contribution < 1.29 is 13.9 Å². The van der Waals surface area contributed by atoms with Gasteiger partial charge in [0.1, 0.15) is 11.5 Å². The Morgan fingerprint density at radius 3 is 2.71 bits per heavy atom. The van der Waals surface area contributed by atoms with E-state index in [1.54, 1.807) is 12.1 Å². The van der Waals surface area contributed by atoms with Gasteiger partial charge in [0, 0.05) is 4.47 Å². The molecule has 5 nitrogen and oxygen atoms in total. The van der Waals surface area contributed by atoms with Crippen LogP contribution in [-0.2, 0) is 4.79 Å². The Morgan fingerprint density at radius 2 is 1.92 bits per heavy atom. The van der Waals surface area contributed by atoms with Gasteiger partial charge in [0.2, 0.25) is 0 Å². The van der Waals surface area contributed by atoms with Gasteiger partial charge in [-0.3, -0.25) is 4.79 Å². The predicted molar refractivity (Wildman–Crippen MR) is 99.3 cm³/mol. The molecule has 1 amide bonds. The van der Waals surface area contributed by atoms with Crippen molar-refractivity contribution in [2.24, 2.45) is 5.10 Å². The standard InChI is InChI=1S/C17H12Br2N2O3/c18-13-3-1-12-8-14(4-2-11(12)7-13)23-10-17(22)21-20-9-15-5-6-16(19)24-15/h1-9H,10H2,(H,21,22). The molecule has 122 valence electrons. The van der Waals surface area contributed by atoms with Crippen LogP contribution in [0.4, 0.5) is 0 Å². The quantitative estimate of drug-likeness (QED) is 0.459. The highest BCUT2D eigenvalue weighted by Crippen LogP contribution is 2.24. The topological polar surface area (TPSA) is 63.8 Å². The first-order valence-electron chi connectivity index (χ1n) is 6.99. The van der Waals surface area contributed by atoms with Crippen LogP contribution in [0.5, 0.6) is 5.75 Å². The minimum atomic E-state index is -0.354. The van der Waals surface area contributed by atoms with Gasteiger partial charge in [0.15, 0.2) is 11.3 Å². The Morgan fingerprint density at radius 1 is 1.12 bits per heavy atom. The second-order valence-electron chi connectivity index (χ2n) is 4.88. The molecule has 0 spiro atoms. The van der Waals surface area contributed by atoms with E-state index in [2.05, 4.69) is 42.4 Å². The molecule has 0 aliphatic carbocycles. The summed E-state index contributed by atoms with van der Waals surface area (Å²) in [7, 11) is 0. The van der Waals surface area contributed by atoms with Crippen LogP contribution in [0.15, 0.2) is 67.2 Å². The first-order valence-corrected chi connectivity index (χ1v) is 8.58. The van der Waals surface area contributed by atoms with Crippen molar-refractivity contribution in [3.63, 3.8) is 0 Å². The maximum atomic E-state index is 11.7. The Balaban J connectivity index is 1.54. The highest BCUT2D eigenvalue weighted by Gasteiger charge is 2.03. The number of carbonyl (C=O) groups excluding carboxylic acids is 1. The number of benzene rings is 2. The molecule has 0 bridgehead atoms. The zero-order valence-electron chi connectivity index (χ0n) is 12.3. The van der Waals surface area contributed by atoms with Crippen molar-refractivity contribution in [2.75, 3.05) is 6.61 Å². The minimum Gasteiger partial charge on any atom is -0.484 e. The molecule has 24 heavy (non-hydrogen) atoms. The van der Waals surface area contributed by atoms with Crippen LogP contribution >= 0.6 is 31.9 Å². The Labute approximate surface area is 154 Å². The summed E-state index contributed by atoms with van der Waals surface area (Å²) in [6.45, 7) is -0.124. The van der Waals surface area contributed by atoms with Crippen molar-refractivity contribution in [2.45, 2.75) is 0 Å². The number of nitrogens with zero attached hydrogens (tertiary/aromatic N) is 1.